The molecular formula is C14H11ClN4OS. The fourth-order valence-corrected chi connectivity index (χ4v) is 2.41. The van der Waals surface area contributed by atoms with E-state index in [9.17, 15) is 10.4 Å². The Kier molecular flexibility index (Phi) is 4.26. The summed E-state index contributed by atoms with van der Waals surface area (Å²) in [6.45, 7) is 0. The van der Waals surface area contributed by atoms with E-state index in [1.807, 2.05) is 0 Å². The molecule has 0 saturated carbocycles. The van der Waals surface area contributed by atoms with Gasteiger partial charge < -0.3 is 15.8 Å². The number of phenols is 1. The van der Waals surface area contributed by atoms with E-state index in [2.05, 4.69) is 16.0 Å². The van der Waals surface area contributed by atoms with Crippen LogP contribution in [0.3, 0.4) is 0 Å². The third-order valence-electron chi connectivity index (χ3n) is 2.89. The molecule has 2 aromatic rings. The van der Waals surface area contributed by atoms with E-state index in [1.165, 1.54) is 6.07 Å². The first-order valence-corrected chi connectivity index (χ1v) is 6.65. The lowest BCUT2D eigenvalue weighted by atomic mass is 9.96. The summed E-state index contributed by atoms with van der Waals surface area (Å²) in [5.74, 6) is 0.133. The highest BCUT2D eigenvalue weighted by atomic mass is 35.5. The highest BCUT2D eigenvalue weighted by Crippen LogP contribution is 2.34. The second kappa shape index (κ2) is 5.95. The topological polar surface area (TPSA) is 98.2 Å². The zero-order valence-corrected chi connectivity index (χ0v) is 12.6. The molecule has 0 aliphatic carbocycles. The van der Waals surface area contributed by atoms with E-state index in [0.29, 0.717) is 21.3 Å². The molecule has 0 radical (unpaired) electrons. The number of nitrogens with one attached hydrogen (secondary N) is 1. The molecule has 0 atom stereocenters. The summed E-state index contributed by atoms with van der Waals surface area (Å²) in [6, 6.07) is 6.69. The van der Waals surface area contributed by atoms with Gasteiger partial charge in [-0.2, -0.15) is 5.26 Å². The van der Waals surface area contributed by atoms with E-state index in [4.69, 9.17) is 29.6 Å². The molecule has 21 heavy (non-hydrogen) atoms. The number of hydrogen-bond donors (Lipinski definition) is 3. The number of hydrogen-bond acceptors (Lipinski definition) is 5. The van der Waals surface area contributed by atoms with Crippen LogP contribution in [0.2, 0.25) is 5.02 Å². The van der Waals surface area contributed by atoms with Crippen molar-refractivity contribution in [3.8, 4) is 22.9 Å². The molecule has 5 nitrogen and oxygen atoms in total. The highest BCUT2D eigenvalue weighted by molar-refractivity contribution is 7.71. The number of rotatable bonds is 2. The van der Waals surface area contributed by atoms with E-state index < -0.39 is 0 Å². The Morgan fingerprint density at radius 2 is 2.24 bits per heavy atom. The van der Waals surface area contributed by atoms with Crippen molar-refractivity contribution in [3.05, 3.63) is 39.0 Å². The molecule has 1 heterocycles. The number of aromatic nitrogens is 1. The van der Waals surface area contributed by atoms with Crippen LogP contribution in [0.1, 0.15) is 11.1 Å². The smallest absolute Gasteiger partial charge is 0.134 e. The third-order valence-corrected chi connectivity index (χ3v) is 3.51. The van der Waals surface area contributed by atoms with Gasteiger partial charge >= 0.3 is 0 Å². The van der Waals surface area contributed by atoms with Gasteiger partial charge in [0.05, 0.1) is 5.02 Å². The standard InChI is InChI=1S/C14H11ClN4OS/c1-18-6-9-12(7-2-3-11(20)10(15)4-7)8(5-16)13(17)19-14(9)21/h2-4,6,20H,1H3,(H3,17,19,21). The zero-order chi connectivity index (χ0) is 15.6. The lowest BCUT2D eigenvalue weighted by Gasteiger charge is -2.12. The maximum absolute atomic E-state index is 9.52. The Balaban J connectivity index is 2.91. The number of benzene rings is 1. The van der Waals surface area contributed by atoms with Crippen LogP contribution in [0.4, 0.5) is 5.82 Å². The van der Waals surface area contributed by atoms with Gasteiger partial charge in [-0.25, -0.2) is 0 Å². The number of halogens is 1. The Morgan fingerprint density at radius 1 is 1.52 bits per heavy atom. The molecule has 0 fully saturated rings. The van der Waals surface area contributed by atoms with Crippen molar-refractivity contribution in [1.29, 1.82) is 5.26 Å². The first kappa shape index (κ1) is 15.0. The monoisotopic (exact) mass is 318 g/mol. The van der Waals surface area contributed by atoms with Gasteiger partial charge in [0.2, 0.25) is 0 Å². The van der Waals surface area contributed by atoms with Gasteiger partial charge in [0.25, 0.3) is 0 Å². The molecule has 1 aromatic carbocycles. The minimum Gasteiger partial charge on any atom is -0.506 e. The molecule has 2 rings (SSSR count). The summed E-state index contributed by atoms with van der Waals surface area (Å²) in [5, 5.41) is 19.1. The Labute approximate surface area is 131 Å². The van der Waals surface area contributed by atoms with E-state index in [1.54, 1.807) is 25.4 Å². The average molecular weight is 319 g/mol. The summed E-state index contributed by atoms with van der Waals surface area (Å²) in [5.41, 5.74) is 7.81. The quantitative estimate of drug-likeness (QED) is 0.584. The second-order valence-corrected chi connectivity index (χ2v) is 5.01. The van der Waals surface area contributed by atoms with Crippen molar-refractivity contribution >= 4 is 35.9 Å². The van der Waals surface area contributed by atoms with Crippen molar-refractivity contribution in [2.45, 2.75) is 0 Å². The van der Waals surface area contributed by atoms with Crippen LogP contribution in [0.25, 0.3) is 11.1 Å². The number of nitriles is 1. The minimum atomic E-state index is -0.0429. The van der Waals surface area contributed by atoms with Gasteiger partial charge in [-0.3, -0.25) is 4.99 Å². The first-order valence-electron chi connectivity index (χ1n) is 5.86. The molecule has 1 aromatic heterocycles. The summed E-state index contributed by atoms with van der Waals surface area (Å²) < 4.78 is 0.372. The number of anilines is 1. The molecule has 0 spiro atoms. The maximum atomic E-state index is 9.52. The second-order valence-electron chi connectivity index (χ2n) is 4.20. The largest absolute Gasteiger partial charge is 0.506 e. The van der Waals surface area contributed by atoms with Gasteiger partial charge in [-0.05, 0) is 17.7 Å². The predicted octanol–water partition coefficient (Wildman–Crippen LogP) is 3.27. The molecule has 106 valence electrons. The summed E-state index contributed by atoms with van der Waals surface area (Å²) in [6.07, 6.45) is 1.55. The van der Waals surface area contributed by atoms with Crippen LogP contribution in [0.15, 0.2) is 23.2 Å². The summed E-state index contributed by atoms with van der Waals surface area (Å²) >= 11 is 11.2. The molecule has 0 bridgehead atoms. The molecule has 0 aliphatic rings. The average Bonchev–Trinajstić information content (AvgIpc) is 2.44. The normalized spacial score (nSPS) is 10.7. The molecule has 0 aliphatic heterocycles. The van der Waals surface area contributed by atoms with Gasteiger partial charge in [-0.1, -0.05) is 29.9 Å². The number of aromatic amines is 1. The number of aromatic hydroxyl groups is 1. The SMILES string of the molecule is CN=Cc1c(-c2ccc(O)c(Cl)c2)c(C#N)c(N)[nH]c1=S. The maximum Gasteiger partial charge on any atom is 0.134 e. The lowest BCUT2D eigenvalue weighted by molar-refractivity contribution is 0.475. The zero-order valence-electron chi connectivity index (χ0n) is 11.0. The van der Waals surface area contributed by atoms with Crippen LogP contribution < -0.4 is 5.73 Å². The van der Waals surface area contributed by atoms with Crippen LogP contribution in [-0.2, 0) is 0 Å². The Morgan fingerprint density at radius 3 is 2.81 bits per heavy atom. The fraction of sp³-hybridized carbons (Fsp3) is 0.0714. The van der Waals surface area contributed by atoms with Gasteiger partial charge in [0.15, 0.2) is 0 Å². The van der Waals surface area contributed by atoms with Crippen molar-refractivity contribution in [1.82, 2.24) is 4.98 Å². The van der Waals surface area contributed by atoms with Crippen molar-refractivity contribution in [3.63, 3.8) is 0 Å². The van der Waals surface area contributed by atoms with Crippen molar-refractivity contribution < 1.29 is 5.11 Å². The Bertz CT molecular complexity index is 836. The number of pyridine rings is 1. The fourth-order valence-electron chi connectivity index (χ4n) is 1.97. The number of nitrogen functional groups attached to an aromatic ring is 1. The molecule has 0 unspecified atom stereocenters. The minimum absolute atomic E-state index is 0.0429. The number of nitrogens with two attached hydrogens (primary N) is 1. The van der Waals surface area contributed by atoms with Gasteiger partial charge in [-0.15, -0.1) is 0 Å². The van der Waals surface area contributed by atoms with Crippen LogP contribution in [0, 0.1) is 16.0 Å². The van der Waals surface area contributed by atoms with Crippen LogP contribution in [0.5, 0.6) is 5.75 Å². The molecular weight excluding hydrogens is 308 g/mol. The van der Waals surface area contributed by atoms with E-state index in [0.717, 1.165) is 0 Å². The van der Waals surface area contributed by atoms with E-state index in [-0.39, 0.29) is 22.2 Å². The molecule has 0 amide bonds. The number of aliphatic imine (C=N–C) groups is 1. The van der Waals surface area contributed by atoms with Crippen LogP contribution >= 0.6 is 23.8 Å². The Hall–Kier alpha value is -2.36. The van der Waals surface area contributed by atoms with Gasteiger partial charge in [0, 0.05) is 24.4 Å². The highest BCUT2D eigenvalue weighted by Gasteiger charge is 2.16. The summed E-state index contributed by atoms with van der Waals surface area (Å²) in [4.78, 5) is 6.73. The first-order chi connectivity index (χ1) is 9.99. The number of phenolic OH excluding ortho intramolecular Hbond substituents is 1. The summed E-state index contributed by atoms with van der Waals surface area (Å²) in [7, 11) is 1.60. The predicted molar refractivity (Wildman–Crippen MR) is 86.4 cm³/mol. The molecule has 4 N–H and O–H groups in total. The van der Waals surface area contributed by atoms with E-state index >= 15 is 0 Å². The lowest BCUT2D eigenvalue weighted by Crippen LogP contribution is -2.03. The van der Waals surface area contributed by atoms with Gasteiger partial charge in [0.1, 0.15) is 27.8 Å². The molecule has 7 heteroatoms. The van der Waals surface area contributed by atoms with Crippen molar-refractivity contribution in [2.24, 2.45) is 4.99 Å². The number of H-pyrrole nitrogens is 1. The van der Waals surface area contributed by atoms with Crippen molar-refractivity contribution in [2.75, 3.05) is 12.8 Å². The molecule has 0 saturated heterocycles. The van der Waals surface area contributed by atoms with Crippen LogP contribution in [-0.4, -0.2) is 23.4 Å². The number of nitrogens with zero attached hydrogens (tertiary/aromatic N) is 2. The third kappa shape index (κ3) is 2.75.